The van der Waals surface area contributed by atoms with Crippen LogP contribution in [0.2, 0.25) is 0 Å². The molecular formula is C13H24BrNO2. The van der Waals surface area contributed by atoms with Gasteiger partial charge in [-0.15, -0.1) is 0 Å². The van der Waals surface area contributed by atoms with Gasteiger partial charge in [0, 0.05) is 18.4 Å². The summed E-state index contributed by atoms with van der Waals surface area (Å²) >= 11 is 3.46. The van der Waals surface area contributed by atoms with Crippen LogP contribution in [0.5, 0.6) is 0 Å². The summed E-state index contributed by atoms with van der Waals surface area (Å²) in [4.78, 5) is 13.7. The van der Waals surface area contributed by atoms with Crippen LogP contribution in [0.15, 0.2) is 0 Å². The third-order valence-corrected chi connectivity index (χ3v) is 3.62. The van der Waals surface area contributed by atoms with E-state index in [1.165, 1.54) is 19.3 Å². The first-order chi connectivity index (χ1) is 8.13. The molecule has 0 radical (unpaired) electrons. The molecule has 0 aromatic heterocycles. The second-order valence-electron chi connectivity index (χ2n) is 5.26. The molecule has 0 aromatic rings. The van der Waals surface area contributed by atoms with Crippen molar-refractivity contribution in [3.05, 3.63) is 0 Å². The van der Waals surface area contributed by atoms with Crippen LogP contribution in [0.25, 0.3) is 0 Å². The molecule has 1 heterocycles. The van der Waals surface area contributed by atoms with Gasteiger partial charge in [-0.25, -0.2) is 4.79 Å². The van der Waals surface area contributed by atoms with Gasteiger partial charge in [-0.05, 0) is 37.5 Å². The van der Waals surface area contributed by atoms with E-state index in [2.05, 4.69) is 29.8 Å². The molecule has 1 rings (SSSR count). The Morgan fingerprint density at radius 3 is 2.94 bits per heavy atom. The number of hydrogen-bond donors (Lipinski definition) is 0. The lowest BCUT2D eigenvalue weighted by molar-refractivity contribution is 0.0749. The number of nitrogens with zero attached hydrogens (tertiary/aromatic N) is 1. The maximum absolute atomic E-state index is 11.8. The second kappa shape index (κ2) is 7.96. The van der Waals surface area contributed by atoms with E-state index in [0.29, 0.717) is 18.4 Å². The van der Waals surface area contributed by atoms with Gasteiger partial charge in [0.25, 0.3) is 0 Å². The van der Waals surface area contributed by atoms with E-state index in [0.717, 1.165) is 24.8 Å². The highest BCUT2D eigenvalue weighted by atomic mass is 79.9. The van der Waals surface area contributed by atoms with Gasteiger partial charge in [0.1, 0.15) is 0 Å². The molecule has 1 fully saturated rings. The van der Waals surface area contributed by atoms with Gasteiger partial charge in [0.2, 0.25) is 0 Å². The number of piperidine rings is 1. The predicted molar refractivity (Wildman–Crippen MR) is 73.5 cm³/mol. The zero-order valence-corrected chi connectivity index (χ0v) is 12.5. The summed E-state index contributed by atoms with van der Waals surface area (Å²) in [6, 6.07) is 0. The summed E-state index contributed by atoms with van der Waals surface area (Å²) < 4.78 is 5.27. The number of alkyl halides is 1. The highest BCUT2D eigenvalue weighted by Gasteiger charge is 2.24. The normalized spacial score (nSPS) is 20.7. The molecule has 3 nitrogen and oxygen atoms in total. The van der Waals surface area contributed by atoms with Gasteiger partial charge < -0.3 is 9.64 Å². The Bertz CT molecular complexity index is 233. The van der Waals surface area contributed by atoms with Crippen LogP contribution in [-0.4, -0.2) is 36.0 Å². The van der Waals surface area contributed by atoms with Crippen molar-refractivity contribution in [1.29, 1.82) is 0 Å². The summed E-state index contributed by atoms with van der Waals surface area (Å²) in [5.41, 5.74) is 0. The van der Waals surface area contributed by atoms with E-state index in [4.69, 9.17) is 4.74 Å². The van der Waals surface area contributed by atoms with Crippen molar-refractivity contribution < 1.29 is 9.53 Å². The second-order valence-corrected chi connectivity index (χ2v) is 6.05. The Kier molecular flexibility index (Phi) is 6.93. The molecule has 1 amide bonds. The maximum Gasteiger partial charge on any atom is 0.409 e. The van der Waals surface area contributed by atoms with E-state index >= 15 is 0 Å². The molecule has 4 heteroatoms. The van der Waals surface area contributed by atoms with Gasteiger partial charge in [-0.3, -0.25) is 0 Å². The topological polar surface area (TPSA) is 29.5 Å². The minimum Gasteiger partial charge on any atom is -0.449 e. The molecule has 17 heavy (non-hydrogen) atoms. The quantitative estimate of drug-likeness (QED) is 0.725. The molecule has 100 valence electrons. The Morgan fingerprint density at radius 2 is 2.29 bits per heavy atom. The van der Waals surface area contributed by atoms with Crippen molar-refractivity contribution in [2.75, 3.05) is 25.0 Å². The number of ether oxygens (including phenoxy) is 1. The number of amides is 1. The molecule has 1 saturated heterocycles. The highest BCUT2D eigenvalue weighted by molar-refractivity contribution is 9.09. The molecule has 0 saturated carbocycles. The predicted octanol–water partition coefficient (Wildman–Crippen LogP) is 3.67. The third-order valence-electron chi connectivity index (χ3n) is 3.06. The zero-order chi connectivity index (χ0) is 12.7. The van der Waals surface area contributed by atoms with Crippen LogP contribution in [0.4, 0.5) is 4.79 Å². The average Bonchev–Trinajstić information content (AvgIpc) is 2.33. The van der Waals surface area contributed by atoms with E-state index in [1.807, 2.05) is 4.90 Å². The Labute approximate surface area is 113 Å². The molecule has 0 spiro atoms. The maximum atomic E-state index is 11.8. The third kappa shape index (κ3) is 5.75. The van der Waals surface area contributed by atoms with Gasteiger partial charge in [0.05, 0.1) is 6.61 Å². The fraction of sp³-hybridized carbons (Fsp3) is 0.923. The van der Waals surface area contributed by atoms with Crippen LogP contribution in [-0.2, 0) is 4.74 Å². The van der Waals surface area contributed by atoms with E-state index in [9.17, 15) is 4.79 Å². The largest absolute Gasteiger partial charge is 0.449 e. The minimum absolute atomic E-state index is 0.123. The van der Waals surface area contributed by atoms with Crippen molar-refractivity contribution >= 4 is 22.0 Å². The first-order valence-corrected chi connectivity index (χ1v) is 7.73. The van der Waals surface area contributed by atoms with Crippen LogP contribution in [0.1, 0.15) is 39.5 Å². The van der Waals surface area contributed by atoms with E-state index in [1.54, 1.807) is 0 Å². The summed E-state index contributed by atoms with van der Waals surface area (Å²) in [7, 11) is 0. The first kappa shape index (κ1) is 14.8. The number of carbonyl (C=O) groups excluding carboxylic acids is 1. The molecule has 1 aliphatic heterocycles. The molecule has 0 N–H and O–H groups in total. The van der Waals surface area contributed by atoms with Crippen molar-refractivity contribution in [3.8, 4) is 0 Å². The van der Waals surface area contributed by atoms with Crippen LogP contribution in [0, 0.1) is 11.8 Å². The van der Waals surface area contributed by atoms with E-state index < -0.39 is 0 Å². The number of halogens is 1. The van der Waals surface area contributed by atoms with Crippen molar-refractivity contribution in [3.63, 3.8) is 0 Å². The molecule has 0 aliphatic carbocycles. The SMILES string of the molecule is CC(C)COC(=O)N1CCCC(CCCBr)C1. The van der Waals surface area contributed by atoms with Gasteiger partial charge in [0.15, 0.2) is 0 Å². The molecular weight excluding hydrogens is 282 g/mol. The van der Waals surface area contributed by atoms with Crippen molar-refractivity contribution in [1.82, 2.24) is 4.90 Å². The van der Waals surface area contributed by atoms with Crippen LogP contribution >= 0.6 is 15.9 Å². The van der Waals surface area contributed by atoms with Crippen LogP contribution < -0.4 is 0 Å². The van der Waals surface area contributed by atoms with Crippen molar-refractivity contribution in [2.24, 2.45) is 11.8 Å². The molecule has 1 atom stereocenters. The zero-order valence-electron chi connectivity index (χ0n) is 11.0. The summed E-state index contributed by atoms with van der Waals surface area (Å²) in [5, 5.41) is 1.06. The first-order valence-electron chi connectivity index (χ1n) is 6.61. The number of carbonyl (C=O) groups is 1. The lowest BCUT2D eigenvalue weighted by Gasteiger charge is -2.32. The number of rotatable bonds is 5. The summed E-state index contributed by atoms with van der Waals surface area (Å²) in [5.74, 6) is 1.07. The fourth-order valence-corrected chi connectivity index (χ4v) is 2.49. The monoisotopic (exact) mass is 305 g/mol. The number of hydrogen-bond acceptors (Lipinski definition) is 2. The standard InChI is InChI=1S/C13H24BrNO2/c1-11(2)10-17-13(16)15-8-4-6-12(9-15)5-3-7-14/h11-12H,3-10H2,1-2H3. The number of likely N-dealkylation sites (tertiary alicyclic amines) is 1. The minimum atomic E-state index is -0.123. The molecule has 0 bridgehead atoms. The summed E-state index contributed by atoms with van der Waals surface area (Å²) in [6.45, 7) is 6.39. The summed E-state index contributed by atoms with van der Waals surface area (Å²) in [6.07, 6.45) is 4.64. The lowest BCUT2D eigenvalue weighted by Crippen LogP contribution is -2.40. The Morgan fingerprint density at radius 1 is 1.53 bits per heavy atom. The van der Waals surface area contributed by atoms with Crippen molar-refractivity contribution in [2.45, 2.75) is 39.5 Å². The highest BCUT2D eigenvalue weighted by Crippen LogP contribution is 2.21. The molecule has 1 aliphatic rings. The lowest BCUT2D eigenvalue weighted by atomic mass is 9.94. The Hall–Kier alpha value is -0.250. The molecule has 1 unspecified atom stereocenters. The smallest absolute Gasteiger partial charge is 0.409 e. The average molecular weight is 306 g/mol. The van der Waals surface area contributed by atoms with Gasteiger partial charge >= 0.3 is 6.09 Å². The molecule has 0 aromatic carbocycles. The fourth-order valence-electron chi connectivity index (χ4n) is 2.16. The Balaban J connectivity index is 2.30. The van der Waals surface area contributed by atoms with Crippen LogP contribution in [0.3, 0.4) is 0 Å². The van der Waals surface area contributed by atoms with Gasteiger partial charge in [-0.2, -0.15) is 0 Å². The van der Waals surface area contributed by atoms with E-state index in [-0.39, 0.29) is 6.09 Å². The van der Waals surface area contributed by atoms with Gasteiger partial charge in [-0.1, -0.05) is 29.8 Å².